The predicted molar refractivity (Wildman–Crippen MR) is 338 cm³/mol. The maximum atomic E-state index is 8.75. The Morgan fingerprint density at radius 2 is 0.768 bits per heavy atom. The summed E-state index contributed by atoms with van der Waals surface area (Å²) in [5.41, 5.74) is 9.67. The minimum atomic E-state index is 0.191. The zero-order chi connectivity index (χ0) is 54.9. The Labute approximate surface area is 482 Å². The molecule has 3 heterocycles. The van der Waals surface area contributed by atoms with Gasteiger partial charge in [-0.2, -0.15) is 9.97 Å². The third-order valence-corrected chi connectivity index (χ3v) is 16.2. The molecule has 82 heavy (non-hydrogen) atoms. The van der Waals surface area contributed by atoms with Gasteiger partial charge in [-0.15, -0.1) is 11.3 Å². The molecule has 11 heteroatoms. The monoisotopic (exact) mass is 1090 g/mol. The fourth-order valence-corrected chi connectivity index (χ4v) is 12.2. The third-order valence-electron chi connectivity index (χ3n) is 14.9. The number of hydrogen-bond acceptors (Lipinski definition) is 9. The fraction of sp³-hybridized carbons (Fsp3) is 0.0141. The van der Waals surface area contributed by atoms with Crippen molar-refractivity contribution in [1.82, 2.24) is 29.9 Å². The van der Waals surface area contributed by atoms with Gasteiger partial charge in [-0.1, -0.05) is 212 Å². The van der Waals surface area contributed by atoms with Crippen LogP contribution in [0.4, 0.5) is 0 Å². The van der Waals surface area contributed by atoms with E-state index < -0.39 is 0 Å². The lowest BCUT2D eigenvalue weighted by atomic mass is 10.0. The molecule has 0 unspecified atom stereocenters. The average molecular weight is 1090 g/mol. The molecule has 12 aromatic carbocycles. The number of benzene rings is 12. The van der Waals surface area contributed by atoms with E-state index in [1.54, 1.807) is 11.3 Å². The van der Waals surface area contributed by atoms with Crippen LogP contribution in [0.2, 0.25) is 5.28 Å². The van der Waals surface area contributed by atoms with E-state index in [9.17, 15) is 0 Å². The first kappa shape index (κ1) is 50.3. The smallest absolute Gasteiger partial charge is 0.537 e. The number of fused-ring (bicyclic) bond motifs is 10. The zero-order valence-electron chi connectivity index (χ0n) is 43.9. The standard InChI is InChI=1S/C35H21N3S.C23H14ClN3.C13H10BO2/c1-3-10-24-20-26(18-16-22(24)8-1)33-36-34(27-19-17-23-9-2-4-11-25(23)21-27)38-35(37-33)29-13-7-15-31-32(29)28-12-5-6-14-30(28)39-31;24-23-26-21(19-11-9-15-5-1-3-7-17(15)13-19)25-22(27-23)20-12-10-16-6-2-4-8-18(16)14-20;15-14-16-12-7-3-5-10-8-9-4-1-2-6-11(9)13(10)12/h1-21H;1-14H;1-7,15H,8H2. The van der Waals surface area contributed by atoms with Crippen molar-refractivity contribution in [2.75, 3.05) is 0 Å². The molecule has 0 aliphatic heterocycles. The molecule has 0 bridgehead atoms. The van der Waals surface area contributed by atoms with E-state index >= 15 is 0 Å². The lowest BCUT2D eigenvalue weighted by molar-refractivity contribution is 0.454. The highest BCUT2D eigenvalue weighted by atomic mass is 35.5. The number of rotatable bonds is 7. The second-order valence-corrected chi connectivity index (χ2v) is 21.4. The number of nitrogens with zero attached hydrogens (tertiary/aromatic N) is 6. The first-order valence-electron chi connectivity index (χ1n) is 26.8. The van der Waals surface area contributed by atoms with Crippen molar-refractivity contribution in [3.63, 3.8) is 0 Å². The van der Waals surface area contributed by atoms with Crippen LogP contribution in [0.5, 0.6) is 5.75 Å². The lowest BCUT2D eigenvalue weighted by Crippen LogP contribution is -2.01. The molecule has 387 valence electrons. The summed E-state index contributed by atoms with van der Waals surface area (Å²) in [5, 5.41) is 20.7. The summed E-state index contributed by atoms with van der Waals surface area (Å²) in [5.74, 6) is 3.89. The number of hydrogen-bond donors (Lipinski definition) is 1. The van der Waals surface area contributed by atoms with Gasteiger partial charge in [-0.25, -0.2) is 19.9 Å². The molecule has 15 aromatic rings. The van der Waals surface area contributed by atoms with Gasteiger partial charge in [-0.05, 0) is 120 Å². The second-order valence-electron chi connectivity index (χ2n) is 19.9. The first-order chi connectivity index (χ1) is 40.5. The second kappa shape index (κ2) is 21.9. The summed E-state index contributed by atoms with van der Waals surface area (Å²) >= 11 is 8.03. The highest BCUT2D eigenvalue weighted by Crippen LogP contribution is 2.43. The van der Waals surface area contributed by atoms with Crippen LogP contribution < -0.4 is 4.65 Å². The van der Waals surface area contributed by atoms with E-state index in [1.807, 2.05) is 60.7 Å². The Hall–Kier alpha value is -9.97. The van der Waals surface area contributed by atoms with Crippen molar-refractivity contribution in [2.45, 2.75) is 6.42 Å². The maximum absolute atomic E-state index is 8.75. The van der Waals surface area contributed by atoms with Crippen molar-refractivity contribution in [1.29, 1.82) is 0 Å². The number of thiophene rings is 1. The lowest BCUT2D eigenvalue weighted by Gasteiger charge is -2.10. The Morgan fingerprint density at radius 1 is 0.366 bits per heavy atom. The Bertz CT molecular complexity index is 4740. The van der Waals surface area contributed by atoms with Crippen LogP contribution in [0.1, 0.15) is 11.1 Å². The van der Waals surface area contributed by atoms with E-state index in [1.165, 1.54) is 58.4 Å². The predicted octanol–water partition coefficient (Wildman–Crippen LogP) is 17.9. The molecular weight excluding hydrogens is 1050 g/mol. The summed E-state index contributed by atoms with van der Waals surface area (Å²) in [4.78, 5) is 28.6. The maximum Gasteiger partial charge on any atom is 0.569 e. The van der Waals surface area contributed by atoms with E-state index in [4.69, 9.17) is 36.2 Å². The van der Waals surface area contributed by atoms with E-state index in [0.29, 0.717) is 34.9 Å². The SMILES string of the molecule is Clc1nc(-c2ccc3ccccc3c2)nc(-c2ccc3ccccc3c2)n1.O[B]Oc1cccc2c1-c1ccccc1C2.c1ccc2cc(-c3nc(-c4ccc5ccccc5c4)nc(-c4cccc5sc6ccccc6c45)n3)ccc2c1. The molecule has 0 saturated carbocycles. The summed E-state index contributed by atoms with van der Waals surface area (Å²) in [7, 11) is 0.733. The Kier molecular flexibility index (Phi) is 13.4. The Morgan fingerprint density at radius 3 is 1.29 bits per heavy atom. The minimum absolute atomic E-state index is 0.191. The molecule has 8 nitrogen and oxygen atoms in total. The molecule has 0 atom stereocenters. The number of halogens is 1. The molecule has 0 fully saturated rings. The van der Waals surface area contributed by atoms with Crippen LogP contribution >= 0.6 is 22.9 Å². The zero-order valence-corrected chi connectivity index (χ0v) is 45.4. The van der Waals surface area contributed by atoms with Gasteiger partial charge < -0.3 is 9.68 Å². The van der Waals surface area contributed by atoms with E-state index in [-0.39, 0.29) is 5.28 Å². The van der Waals surface area contributed by atoms with Gasteiger partial charge in [0.1, 0.15) is 5.75 Å². The van der Waals surface area contributed by atoms with Gasteiger partial charge in [0.25, 0.3) is 0 Å². The normalized spacial score (nSPS) is 11.5. The van der Waals surface area contributed by atoms with Gasteiger partial charge in [0, 0.05) is 53.6 Å². The van der Waals surface area contributed by atoms with Gasteiger partial charge in [0.2, 0.25) is 5.28 Å². The van der Waals surface area contributed by atoms with Crippen molar-refractivity contribution >= 4 is 93.9 Å². The Balaban J connectivity index is 0.000000121. The number of aromatic nitrogens is 6. The van der Waals surface area contributed by atoms with Crippen LogP contribution in [-0.4, -0.2) is 42.6 Å². The highest BCUT2D eigenvalue weighted by molar-refractivity contribution is 7.25. The molecule has 1 radical (unpaired) electrons. The van der Waals surface area contributed by atoms with Crippen molar-refractivity contribution in [3.8, 4) is 73.8 Å². The van der Waals surface area contributed by atoms with Crippen LogP contribution in [0.3, 0.4) is 0 Å². The third kappa shape index (κ3) is 9.96. The first-order valence-corrected chi connectivity index (χ1v) is 28.0. The fourth-order valence-electron chi connectivity index (χ4n) is 10.9. The summed E-state index contributed by atoms with van der Waals surface area (Å²) in [6, 6.07) is 87.5. The largest absolute Gasteiger partial charge is 0.569 e. The molecule has 1 aliphatic carbocycles. The molecule has 0 saturated heterocycles. The van der Waals surface area contributed by atoms with E-state index in [2.05, 4.69) is 209 Å². The van der Waals surface area contributed by atoms with Crippen LogP contribution in [0, 0.1) is 0 Å². The molecule has 16 rings (SSSR count). The van der Waals surface area contributed by atoms with Crippen molar-refractivity contribution < 1.29 is 9.68 Å². The minimum Gasteiger partial charge on any atom is -0.537 e. The quantitative estimate of drug-likeness (QED) is 0.157. The molecule has 1 N–H and O–H groups in total. The van der Waals surface area contributed by atoms with Crippen LogP contribution in [-0.2, 0) is 6.42 Å². The van der Waals surface area contributed by atoms with Crippen LogP contribution in [0.15, 0.2) is 255 Å². The van der Waals surface area contributed by atoms with Crippen LogP contribution in [0.25, 0.3) is 131 Å². The van der Waals surface area contributed by atoms with Gasteiger partial charge in [0.05, 0.1) is 0 Å². The van der Waals surface area contributed by atoms with Gasteiger partial charge in [-0.3, -0.25) is 0 Å². The molecular formula is C71H45BClN6O2S. The van der Waals surface area contributed by atoms with Crippen molar-refractivity contribution in [3.05, 3.63) is 271 Å². The summed E-state index contributed by atoms with van der Waals surface area (Å²) < 4.78 is 7.63. The molecule has 0 spiro atoms. The molecule has 1 aliphatic rings. The van der Waals surface area contributed by atoms with Crippen molar-refractivity contribution in [2.24, 2.45) is 0 Å². The van der Waals surface area contributed by atoms with Gasteiger partial charge >= 0.3 is 7.69 Å². The molecule has 0 amide bonds. The average Bonchev–Trinajstić information content (AvgIpc) is 4.31. The highest BCUT2D eigenvalue weighted by Gasteiger charge is 2.22. The summed E-state index contributed by atoms with van der Waals surface area (Å²) in [6.07, 6.45) is 0.939. The van der Waals surface area contributed by atoms with Gasteiger partial charge in [0.15, 0.2) is 29.1 Å². The molecule has 3 aromatic heterocycles. The van der Waals surface area contributed by atoms with E-state index in [0.717, 1.165) is 69.0 Å². The topological polar surface area (TPSA) is 107 Å². The summed E-state index contributed by atoms with van der Waals surface area (Å²) in [6.45, 7) is 0.